The predicted octanol–water partition coefficient (Wildman–Crippen LogP) is 5.11. The van der Waals surface area contributed by atoms with E-state index < -0.39 is 28.5 Å². The van der Waals surface area contributed by atoms with E-state index in [9.17, 15) is 23.1 Å². The van der Waals surface area contributed by atoms with E-state index in [1.165, 1.54) is 12.1 Å². The summed E-state index contributed by atoms with van der Waals surface area (Å²) in [6.07, 6.45) is 4.03. The Bertz CT molecular complexity index is 1480. The normalized spacial score (nSPS) is 12.0. The van der Waals surface area contributed by atoms with Gasteiger partial charge in [-0.2, -0.15) is 0 Å². The highest BCUT2D eigenvalue weighted by Crippen LogP contribution is 2.20. The van der Waals surface area contributed by atoms with Crippen molar-refractivity contribution in [1.29, 1.82) is 0 Å². The number of nitrogens with zero attached hydrogens (tertiary/aromatic N) is 1. The number of methoxy groups -OCH3 is 1. The lowest BCUT2D eigenvalue weighted by Gasteiger charge is -2.18. The molecule has 0 bridgehead atoms. The summed E-state index contributed by atoms with van der Waals surface area (Å²) in [5, 5.41) is 12.7. The topological polar surface area (TPSA) is 153 Å². The number of unbranched alkanes of at least 4 members (excludes halogenated alkanes) is 1. The second-order valence-corrected chi connectivity index (χ2v) is 12.6. The van der Waals surface area contributed by atoms with E-state index in [4.69, 9.17) is 14.2 Å². The molecular weight excluding hydrogens is 598 g/mol. The second-order valence-electron chi connectivity index (χ2n) is 10.9. The molecule has 2 aromatic carbocycles. The molecule has 3 rings (SSSR count). The molecule has 1 heterocycles. The van der Waals surface area contributed by atoms with Crippen LogP contribution in [0.3, 0.4) is 0 Å². The number of nitrogens with one attached hydrogen (secondary N) is 2. The van der Waals surface area contributed by atoms with Crippen molar-refractivity contribution in [3.05, 3.63) is 72.4 Å². The molecule has 0 radical (unpaired) electrons. The first kappa shape index (κ1) is 35.3. The van der Waals surface area contributed by atoms with Crippen molar-refractivity contribution in [3.8, 4) is 17.2 Å². The third-order valence-corrected chi connectivity index (χ3v) is 8.38. The number of carboxylic acids is 1. The molecule has 244 valence electrons. The molecule has 45 heavy (non-hydrogen) atoms. The molecule has 0 spiro atoms. The van der Waals surface area contributed by atoms with Crippen LogP contribution in [-0.2, 0) is 26.0 Å². The lowest BCUT2D eigenvalue weighted by molar-refractivity contribution is -0.137. The summed E-state index contributed by atoms with van der Waals surface area (Å²) in [7, 11) is -2.43. The number of ether oxygens (including phenoxy) is 3. The van der Waals surface area contributed by atoms with Crippen LogP contribution in [-0.4, -0.2) is 63.2 Å². The van der Waals surface area contributed by atoms with Gasteiger partial charge in [0.1, 0.15) is 28.8 Å². The van der Waals surface area contributed by atoms with Gasteiger partial charge in [0.15, 0.2) is 0 Å². The minimum atomic E-state index is -4.03. The highest BCUT2D eigenvalue weighted by atomic mass is 32.2. The molecular formula is C33H43N3O8S. The maximum atomic E-state index is 13.2. The molecule has 0 aliphatic heterocycles. The molecule has 0 aliphatic rings. The average Bonchev–Trinajstić information content (AvgIpc) is 3.01. The van der Waals surface area contributed by atoms with Crippen LogP contribution in [0.1, 0.15) is 51.5 Å². The van der Waals surface area contributed by atoms with Crippen molar-refractivity contribution in [3.63, 3.8) is 0 Å². The van der Waals surface area contributed by atoms with Gasteiger partial charge < -0.3 is 24.6 Å². The third-order valence-electron chi connectivity index (χ3n) is 6.86. The SMILES string of the molecule is COc1ccnc(NCCCOc2ccc(C[C@@H](CC(=O)O)NS(=O)(=O)c3cccc(OCCCCC(=O)C(C)C)c3)cc2)c1. The van der Waals surface area contributed by atoms with E-state index in [0.717, 1.165) is 17.7 Å². The molecule has 1 aromatic heterocycles. The van der Waals surface area contributed by atoms with E-state index >= 15 is 0 Å². The zero-order chi connectivity index (χ0) is 32.7. The summed E-state index contributed by atoms with van der Waals surface area (Å²) >= 11 is 0. The Morgan fingerprint density at radius 1 is 0.911 bits per heavy atom. The first-order chi connectivity index (χ1) is 21.6. The fourth-order valence-corrected chi connectivity index (χ4v) is 5.66. The molecule has 11 nitrogen and oxygen atoms in total. The average molecular weight is 642 g/mol. The van der Waals surface area contributed by atoms with Gasteiger partial charge in [0.25, 0.3) is 0 Å². The van der Waals surface area contributed by atoms with Crippen molar-refractivity contribution >= 4 is 27.6 Å². The lowest BCUT2D eigenvalue weighted by Crippen LogP contribution is -2.38. The molecule has 12 heteroatoms. The Morgan fingerprint density at radius 2 is 1.64 bits per heavy atom. The molecule has 0 saturated heterocycles. The van der Waals surface area contributed by atoms with Crippen molar-refractivity contribution in [2.75, 3.05) is 32.2 Å². The number of rotatable bonds is 21. The van der Waals surface area contributed by atoms with Gasteiger partial charge in [-0.05, 0) is 61.6 Å². The van der Waals surface area contributed by atoms with Gasteiger partial charge in [-0.25, -0.2) is 18.1 Å². The molecule has 0 unspecified atom stereocenters. The van der Waals surface area contributed by atoms with Gasteiger partial charge in [0.05, 0.1) is 31.6 Å². The molecule has 0 aliphatic carbocycles. The molecule has 0 amide bonds. The van der Waals surface area contributed by atoms with Crippen LogP contribution in [0, 0.1) is 5.92 Å². The summed E-state index contributed by atoms with van der Waals surface area (Å²) in [5.41, 5.74) is 0.759. The molecule has 3 aromatic rings. The first-order valence-electron chi connectivity index (χ1n) is 15.0. The third kappa shape index (κ3) is 12.8. The fraction of sp³-hybridized carbons (Fsp3) is 0.424. The van der Waals surface area contributed by atoms with Crippen molar-refractivity contribution in [2.45, 2.75) is 63.3 Å². The number of ketones is 1. The standard InChI is InChI=1S/C33H43N3O8S/c1-24(2)31(37)10-4-5-18-44-29-8-6-9-30(22-29)45(40,41)36-26(21-33(38)39)20-25-11-13-27(14-12-25)43-19-7-16-34-32-23-28(42-3)15-17-35-32/h6,8-9,11-15,17,22-24,26,36H,4-5,7,10,16,18-21H2,1-3H3,(H,34,35)(H,38,39)/t26-/m0/s1. The van der Waals surface area contributed by atoms with Gasteiger partial charge in [0, 0.05) is 43.3 Å². The number of carbonyl (C=O) groups is 2. The van der Waals surface area contributed by atoms with E-state index in [1.807, 2.05) is 19.9 Å². The maximum absolute atomic E-state index is 13.2. The number of benzene rings is 2. The summed E-state index contributed by atoms with van der Waals surface area (Å²) in [6.45, 7) is 5.22. The van der Waals surface area contributed by atoms with E-state index in [2.05, 4.69) is 15.0 Å². The van der Waals surface area contributed by atoms with Crippen molar-refractivity contribution < 1.29 is 37.3 Å². The number of Topliss-reactive ketones (excluding diaryl/α,β-unsaturated/α-hetero) is 1. The van der Waals surface area contributed by atoms with E-state index in [0.29, 0.717) is 56.3 Å². The zero-order valence-corrected chi connectivity index (χ0v) is 26.8. The highest BCUT2D eigenvalue weighted by Gasteiger charge is 2.23. The molecule has 0 fully saturated rings. The summed E-state index contributed by atoms with van der Waals surface area (Å²) in [4.78, 5) is 27.5. The van der Waals surface area contributed by atoms with Crippen LogP contribution in [0.4, 0.5) is 5.82 Å². The predicted molar refractivity (Wildman–Crippen MR) is 172 cm³/mol. The number of carbonyl (C=O) groups excluding carboxylic acids is 1. The Balaban J connectivity index is 1.49. The van der Waals surface area contributed by atoms with Gasteiger partial charge in [-0.3, -0.25) is 9.59 Å². The van der Waals surface area contributed by atoms with Gasteiger partial charge in [-0.1, -0.05) is 32.0 Å². The number of pyridine rings is 1. The van der Waals surface area contributed by atoms with Crippen LogP contribution in [0.25, 0.3) is 0 Å². The minimum absolute atomic E-state index is 0.00629. The number of aliphatic carboxylic acids is 1. The highest BCUT2D eigenvalue weighted by molar-refractivity contribution is 7.89. The maximum Gasteiger partial charge on any atom is 0.304 e. The number of hydrogen-bond donors (Lipinski definition) is 3. The Kier molecular flexibility index (Phi) is 14.1. The lowest BCUT2D eigenvalue weighted by atomic mass is 10.0. The minimum Gasteiger partial charge on any atom is -0.497 e. The number of aromatic nitrogens is 1. The molecule has 3 N–H and O–H groups in total. The van der Waals surface area contributed by atoms with Crippen LogP contribution >= 0.6 is 0 Å². The van der Waals surface area contributed by atoms with Crippen molar-refractivity contribution in [1.82, 2.24) is 9.71 Å². The van der Waals surface area contributed by atoms with E-state index in [-0.39, 0.29) is 23.0 Å². The summed E-state index contributed by atoms with van der Waals surface area (Å²) < 4.78 is 45.6. The van der Waals surface area contributed by atoms with E-state index in [1.54, 1.807) is 55.8 Å². The number of carboxylic acid groups (broad SMARTS) is 1. The largest absolute Gasteiger partial charge is 0.497 e. The van der Waals surface area contributed by atoms with Crippen molar-refractivity contribution in [2.24, 2.45) is 5.92 Å². The summed E-state index contributed by atoms with van der Waals surface area (Å²) in [6, 6.07) is 15.9. The Hall–Kier alpha value is -4.16. The van der Waals surface area contributed by atoms with Crippen LogP contribution < -0.4 is 24.2 Å². The first-order valence-corrected chi connectivity index (χ1v) is 16.5. The summed E-state index contributed by atoms with van der Waals surface area (Å²) in [5.74, 6) is 1.57. The van der Waals surface area contributed by atoms with Gasteiger partial charge in [-0.15, -0.1) is 0 Å². The smallest absolute Gasteiger partial charge is 0.304 e. The quantitative estimate of drug-likeness (QED) is 0.134. The fourth-order valence-electron chi connectivity index (χ4n) is 4.38. The number of hydrogen-bond acceptors (Lipinski definition) is 9. The van der Waals surface area contributed by atoms with Crippen LogP contribution in [0.15, 0.2) is 71.8 Å². The molecule has 0 saturated carbocycles. The molecule has 1 atom stereocenters. The number of sulfonamides is 1. The second kappa shape index (κ2) is 18.0. The van der Waals surface area contributed by atoms with Crippen LogP contribution in [0.5, 0.6) is 17.2 Å². The number of anilines is 1. The van der Waals surface area contributed by atoms with Gasteiger partial charge in [0.2, 0.25) is 10.0 Å². The Morgan fingerprint density at radius 3 is 2.36 bits per heavy atom. The van der Waals surface area contributed by atoms with Gasteiger partial charge >= 0.3 is 5.97 Å². The monoisotopic (exact) mass is 641 g/mol. The Labute approximate surface area is 265 Å². The van der Waals surface area contributed by atoms with Crippen LogP contribution in [0.2, 0.25) is 0 Å². The zero-order valence-electron chi connectivity index (χ0n) is 26.0.